The molecule has 0 atom stereocenters. The van der Waals surface area contributed by atoms with Gasteiger partial charge >= 0.3 is 5.97 Å². The molecule has 0 heterocycles. The maximum atomic E-state index is 11.2. The van der Waals surface area contributed by atoms with Gasteiger partial charge in [0.25, 0.3) is 0 Å². The SMILES string of the molecule is CC(C)c1ccc(-c2cc(Cl)ccc2C(=O)O)cc1. The Hall–Kier alpha value is -1.80. The van der Waals surface area contributed by atoms with E-state index in [2.05, 4.69) is 13.8 Å². The van der Waals surface area contributed by atoms with Crippen LogP contribution in [0.2, 0.25) is 5.02 Å². The minimum absolute atomic E-state index is 0.265. The van der Waals surface area contributed by atoms with E-state index in [1.54, 1.807) is 12.1 Å². The van der Waals surface area contributed by atoms with Crippen molar-refractivity contribution in [3.05, 3.63) is 58.6 Å². The van der Waals surface area contributed by atoms with Gasteiger partial charge < -0.3 is 5.11 Å². The Balaban J connectivity index is 2.51. The summed E-state index contributed by atoms with van der Waals surface area (Å²) >= 11 is 5.96. The molecular formula is C16H15ClO2. The van der Waals surface area contributed by atoms with Gasteiger partial charge in [0.2, 0.25) is 0 Å². The maximum absolute atomic E-state index is 11.2. The van der Waals surface area contributed by atoms with Crippen molar-refractivity contribution in [1.29, 1.82) is 0 Å². The van der Waals surface area contributed by atoms with Crippen molar-refractivity contribution in [3.8, 4) is 11.1 Å². The molecule has 3 heteroatoms. The molecule has 19 heavy (non-hydrogen) atoms. The molecule has 2 nitrogen and oxygen atoms in total. The van der Waals surface area contributed by atoms with Crippen molar-refractivity contribution in [2.24, 2.45) is 0 Å². The molecule has 0 bridgehead atoms. The second-order valence-electron chi connectivity index (χ2n) is 4.77. The van der Waals surface area contributed by atoms with E-state index in [-0.39, 0.29) is 5.56 Å². The van der Waals surface area contributed by atoms with E-state index >= 15 is 0 Å². The first-order valence-electron chi connectivity index (χ1n) is 6.12. The number of rotatable bonds is 3. The monoisotopic (exact) mass is 274 g/mol. The Kier molecular flexibility index (Phi) is 3.91. The van der Waals surface area contributed by atoms with E-state index in [4.69, 9.17) is 11.6 Å². The van der Waals surface area contributed by atoms with E-state index in [0.717, 1.165) is 5.56 Å². The van der Waals surface area contributed by atoms with Gasteiger partial charge in [0.05, 0.1) is 5.56 Å². The highest BCUT2D eigenvalue weighted by Crippen LogP contribution is 2.28. The first-order valence-corrected chi connectivity index (χ1v) is 6.50. The molecule has 0 radical (unpaired) electrons. The van der Waals surface area contributed by atoms with E-state index in [1.807, 2.05) is 24.3 Å². The molecule has 0 saturated carbocycles. The third-order valence-electron chi connectivity index (χ3n) is 3.10. The van der Waals surface area contributed by atoms with Crippen molar-refractivity contribution >= 4 is 17.6 Å². The molecule has 0 aliphatic heterocycles. The van der Waals surface area contributed by atoms with Crippen LogP contribution < -0.4 is 0 Å². The topological polar surface area (TPSA) is 37.3 Å². The molecule has 1 N–H and O–H groups in total. The minimum Gasteiger partial charge on any atom is -0.478 e. The molecular weight excluding hydrogens is 260 g/mol. The Bertz CT molecular complexity index is 601. The van der Waals surface area contributed by atoms with Crippen LogP contribution in [0.5, 0.6) is 0 Å². The maximum Gasteiger partial charge on any atom is 0.336 e. The average molecular weight is 275 g/mol. The molecule has 0 amide bonds. The summed E-state index contributed by atoms with van der Waals surface area (Å²) in [5.41, 5.74) is 3.00. The summed E-state index contributed by atoms with van der Waals surface area (Å²) in [7, 11) is 0. The molecule has 0 aliphatic carbocycles. The lowest BCUT2D eigenvalue weighted by molar-refractivity contribution is 0.0698. The number of aromatic carboxylic acids is 1. The normalized spacial score (nSPS) is 10.7. The van der Waals surface area contributed by atoms with Gasteiger partial charge in [-0.1, -0.05) is 49.7 Å². The third kappa shape index (κ3) is 2.96. The highest BCUT2D eigenvalue weighted by Gasteiger charge is 2.12. The molecule has 2 aromatic carbocycles. The third-order valence-corrected chi connectivity index (χ3v) is 3.34. The number of carboxylic acid groups (broad SMARTS) is 1. The van der Waals surface area contributed by atoms with Crippen molar-refractivity contribution in [2.75, 3.05) is 0 Å². The molecule has 98 valence electrons. The minimum atomic E-state index is -0.945. The molecule has 2 aromatic rings. The zero-order chi connectivity index (χ0) is 14.0. The van der Waals surface area contributed by atoms with Gasteiger partial charge in [0.15, 0.2) is 0 Å². The van der Waals surface area contributed by atoms with Crippen molar-refractivity contribution in [2.45, 2.75) is 19.8 Å². The second-order valence-corrected chi connectivity index (χ2v) is 5.21. The average Bonchev–Trinajstić information content (AvgIpc) is 2.38. The Morgan fingerprint density at radius 2 is 1.74 bits per heavy atom. The smallest absolute Gasteiger partial charge is 0.336 e. The van der Waals surface area contributed by atoms with Gasteiger partial charge in [-0.3, -0.25) is 0 Å². The molecule has 0 aromatic heterocycles. The van der Waals surface area contributed by atoms with E-state index in [1.165, 1.54) is 11.6 Å². The summed E-state index contributed by atoms with van der Waals surface area (Å²) < 4.78 is 0. The van der Waals surface area contributed by atoms with E-state index in [9.17, 15) is 9.90 Å². The van der Waals surface area contributed by atoms with Gasteiger partial charge in [-0.2, -0.15) is 0 Å². The van der Waals surface area contributed by atoms with Crippen LogP contribution in [0.1, 0.15) is 35.7 Å². The summed E-state index contributed by atoms with van der Waals surface area (Å²) in [4.78, 5) is 11.2. The number of benzene rings is 2. The van der Waals surface area contributed by atoms with Gasteiger partial charge in [0, 0.05) is 5.02 Å². The number of halogens is 1. The highest BCUT2D eigenvalue weighted by atomic mass is 35.5. The fourth-order valence-corrected chi connectivity index (χ4v) is 2.16. The lowest BCUT2D eigenvalue weighted by atomic mass is 9.96. The fraction of sp³-hybridized carbons (Fsp3) is 0.188. The zero-order valence-corrected chi connectivity index (χ0v) is 11.6. The van der Waals surface area contributed by atoms with Crippen LogP contribution in [0.15, 0.2) is 42.5 Å². The van der Waals surface area contributed by atoms with Crippen LogP contribution in [0.25, 0.3) is 11.1 Å². The van der Waals surface area contributed by atoms with Crippen LogP contribution in [0.3, 0.4) is 0 Å². The molecule has 0 aliphatic rings. The van der Waals surface area contributed by atoms with E-state index in [0.29, 0.717) is 16.5 Å². The standard InChI is InChI=1S/C16H15ClO2/c1-10(2)11-3-5-12(6-4-11)15-9-13(17)7-8-14(15)16(18)19/h3-10H,1-2H3,(H,18,19). The van der Waals surface area contributed by atoms with Crippen LogP contribution in [-0.2, 0) is 0 Å². The van der Waals surface area contributed by atoms with Crippen molar-refractivity contribution in [1.82, 2.24) is 0 Å². The molecule has 0 spiro atoms. The van der Waals surface area contributed by atoms with Crippen molar-refractivity contribution in [3.63, 3.8) is 0 Å². The van der Waals surface area contributed by atoms with Crippen LogP contribution in [0, 0.1) is 0 Å². The fourth-order valence-electron chi connectivity index (χ4n) is 1.99. The Labute approximate surface area is 117 Å². The molecule has 0 fully saturated rings. The molecule has 0 unspecified atom stereocenters. The summed E-state index contributed by atoms with van der Waals surface area (Å²) in [6.45, 7) is 4.24. The van der Waals surface area contributed by atoms with Gasteiger partial charge in [-0.05, 0) is 40.8 Å². The summed E-state index contributed by atoms with van der Waals surface area (Å²) in [5, 5.41) is 9.75. The molecule has 0 saturated heterocycles. The first-order chi connectivity index (χ1) is 8.99. The number of carbonyl (C=O) groups is 1. The zero-order valence-electron chi connectivity index (χ0n) is 10.9. The van der Waals surface area contributed by atoms with Gasteiger partial charge in [-0.25, -0.2) is 4.79 Å². The predicted octanol–water partition coefficient (Wildman–Crippen LogP) is 4.83. The van der Waals surface area contributed by atoms with Crippen LogP contribution in [0.4, 0.5) is 0 Å². The summed E-state index contributed by atoms with van der Waals surface area (Å²) in [5.74, 6) is -0.494. The summed E-state index contributed by atoms with van der Waals surface area (Å²) in [6, 6.07) is 12.7. The largest absolute Gasteiger partial charge is 0.478 e. The van der Waals surface area contributed by atoms with Gasteiger partial charge in [0.1, 0.15) is 0 Å². The number of hydrogen-bond acceptors (Lipinski definition) is 1. The Morgan fingerprint density at radius 3 is 2.26 bits per heavy atom. The van der Waals surface area contributed by atoms with Crippen molar-refractivity contribution < 1.29 is 9.90 Å². The first kappa shape index (κ1) is 13.6. The number of hydrogen-bond donors (Lipinski definition) is 1. The number of carboxylic acids is 1. The van der Waals surface area contributed by atoms with E-state index < -0.39 is 5.97 Å². The van der Waals surface area contributed by atoms with Gasteiger partial charge in [-0.15, -0.1) is 0 Å². The molecule has 2 rings (SSSR count). The second kappa shape index (κ2) is 5.45. The highest BCUT2D eigenvalue weighted by molar-refractivity contribution is 6.31. The van der Waals surface area contributed by atoms with Crippen LogP contribution >= 0.6 is 11.6 Å². The van der Waals surface area contributed by atoms with Crippen LogP contribution in [-0.4, -0.2) is 11.1 Å². The summed E-state index contributed by atoms with van der Waals surface area (Å²) in [6.07, 6.45) is 0. The lowest BCUT2D eigenvalue weighted by Gasteiger charge is -2.09. The Morgan fingerprint density at radius 1 is 1.11 bits per heavy atom. The lowest BCUT2D eigenvalue weighted by Crippen LogP contribution is -1.99. The quantitative estimate of drug-likeness (QED) is 0.870. The predicted molar refractivity (Wildman–Crippen MR) is 77.9 cm³/mol.